The number of amides is 2. The van der Waals surface area contributed by atoms with E-state index in [4.69, 9.17) is 0 Å². The molecule has 1 fully saturated rings. The Hall–Kier alpha value is -3.23. The highest BCUT2D eigenvalue weighted by molar-refractivity contribution is 7.89. The second-order valence-corrected chi connectivity index (χ2v) is 11.2. The zero-order valence-electron chi connectivity index (χ0n) is 20.3. The Balaban J connectivity index is 1.31. The average Bonchev–Trinajstić information content (AvgIpc) is 2.84. The Kier molecular flexibility index (Phi) is 7.23. The number of hydrogen-bond donors (Lipinski definition) is 2. The van der Waals surface area contributed by atoms with Crippen LogP contribution in [0.1, 0.15) is 29.5 Å². The van der Waals surface area contributed by atoms with E-state index in [1.54, 1.807) is 12.1 Å². The van der Waals surface area contributed by atoms with E-state index >= 15 is 0 Å². The highest BCUT2D eigenvalue weighted by Gasteiger charge is 2.32. The first-order valence-electron chi connectivity index (χ1n) is 11.8. The van der Waals surface area contributed by atoms with E-state index in [0.29, 0.717) is 12.8 Å². The van der Waals surface area contributed by atoms with Crippen LogP contribution in [0.5, 0.6) is 0 Å². The lowest BCUT2D eigenvalue weighted by Gasteiger charge is -2.30. The Labute approximate surface area is 206 Å². The standard InChI is InChI=1S/C27H31N3O4S/c1-18-14-19(2)26(20(3)15-18)29-25(31)17-28-27(32)22-10-12-30(13-11-22)35(33,34)24-9-8-21-6-4-5-7-23(21)16-24/h4-9,14-16,22H,10-13,17H2,1-3H3,(H,28,32)(H,29,31). The van der Waals surface area contributed by atoms with Crippen LogP contribution in [0.15, 0.2) is 59.5 Å². The second kappa shape index (κ2) is 10.2. The molecule has 0 radical (unpaired) electrons. The van der Waals surface area contributed by atoms with Gasteiger partial charge in [0.15, 0.2) is 0 Å². The van der Waals surface area contributed by atoms with Crippen LogP contribution >= 0.6 is 0 Å². The molecule has 2 amide bonds. The van der Waals surface area contributed by atoms with Crippen LogP contribution in [-0.2, 0) is 19.6 Å². The van der Waals surface area contributed by atoms with E-state index in [9.17, 15) is 18.0 Å². The van der Waals surface area contributed by atoms with Gasteiger partial charge in [0.25, 0.3) is 0 Å². The van der Waals surface area contributed by atoms with Gasteiger partial charge >= 0.3 is 0 Å². The highest BCUT2D eigenvalue weighted by Crippen LogP contribution is 2.26. The summed E-state index contributed by atoms with van der Waals surface area (Å²) in [4.78, 5) is 25.3. The summed E-state index contributed by atoms with van der Waals surface area (Å²) in [5.41, 5.74) is 3.84. The first kappa shape index (κ1) is 24.9. The van der Waals surface area contributed by atoms with Gasteiger partial charge in [0, 0.05) is 24.7 Å². The summed E-state index contributed by atoms with van der Waals surface area (Å²) in [5, 5.41) is 7.45. The van der Waals surface area contributed by atoms with Crippen molar-refractivity contribution >= 4 is 38.3 Å². The number of fused-ring (bicyclic) bond motifs is 1. The van der Waals surface area contributed by atoms with E-state index in [0.717, 1.165) is 33.2 Å². The number of carbonyl (C=O) groups is 2. The summed E-state index contributed by atoms with van der Waals surface area (Å²) in [6, 6.07) is 16.8. The molecule has 0 bridgehead atoms. The molecule has 0 saturated carbocycles. The van der Waals surface area contributed by atoms with Gasteiger partial charge in [0.2, 0.25) is 21.8 Å². The number of anilines is 1. The van der Waals surface area contributed by atoms with E-state index in [1.807, 2.05) is 63.2 Å². The van der Waals surface area contributed by atoms with Gasteiger partial charge in [-0.3, -0.25) is 9.59 Å². The summed E-state index contributed by atoms with van der Waals surface area (Å²) in [5.74, 6) is -0.835. The number of rotatable bonds is 6. The lowest BCUT2D eigenvalue weighted by molar-refractivity contribution is -0.128. The zero-order valence-corrected chi connectivity index (χ0v) is 21.1. The molecule has 1 aliphatic rings. The maximum atomic E-state index is 13.1. The SMILES string of the molecule is Cc1cc(C)c(NC(=O)CNC(=O)C2CCN(S(=O)(=O)c3ccc4ccccc4c3)CC2)c(C)c1. The summed E-state index contributed by atoms with van der Waals surface area (Å²) in [6.45, 7) is 6.29. The molecule has 8 heteroatoms. The second-order valence-electron chi connectivity index (χ2n) is 9.23. The van der Waals surface area contributed by atoms with Gasteiger partial charge in [0.05, 0.1) is 11.4 Å². The van der Waals surface area contributed by atoms with E-state index < -0.39 is 10.0 Å². The quantitative estimate of drug-likeness (QED) is 0.544. The van der Waals surface area contributed by atoms with E-state index in [1.165, 1.54) is 4.31 Å². The molecule has 2 N–H and O–H groups in total. The number of sulfonamides is 1. The predicted octanol–water partition coefficient (Wildman–Crippen LogP) is 3.92. The average molecular weight is 494 g/mol. The molecule has 0 aromatic heterocycles. The van der Waals surface area contributed by atoms with Gasteiger partial charge < -0.3 is 10.6 Å². The van der Waals surface area contributed by atoms with Crippen LogP contribution in [0, 0.1) is 26.7 Å². The van der Waals surface area contributed by atoms with Crippen molar-refractivity contribution in [3.8, 4) is 0 Å². The molecule has 3 aromatic carbocycles. The fourth-order valence-electron chi connectivity index (χ4n) is 4.71. The monoisotopic (exact) mass is 493 g/mol. The normalized spacial score (nSPS) is 15.2. The van der Waals surface area contributed by atoms with Gasteiger partial charge in [-0.25, -0.2) is 8.42 Å². The molecule has 0 unspecified atom stereocenters. The van der Waals surface area contributed by atoms with Crippen LogP contribution in [0.25, 0.3) is 10.8 Å². The van der Waals surface area contributed by atoms with Crippen molar-refractivity contribution in [2.45, 2.75) is 38.5 Å². The molecule has 0 atom stereocenters. The zero-order chi connectivity index (χ0) is 25.2. The Morgan fingerprint density at radius 3 is 2.20 bits per heavy atom. The first-order chi connectivity index (χ1) is 16.6. The molecule has 3 aromatic rings. The lowest BCUT2D eigenvalue weighted by atomic mass is 9.97. The minimum atomic E-state index is -3.64. The topological polar surface area (TPSA) is 95.6 Å². The molecule has 1 saturated heterocycles. The molecular formula is C27H31N3O4S. The van der Waals surface area contributed by atoms with Gasteiger partial charge in [-0.15, -0.1) is 0 Å². The van der Waals surface area contributed by atoms with Gasteiger partial charge in [-0.1, -0.05) is 48.0 Å². The Bertz CT molecular complexity index is 1350. The molecule has 1 aliphatic heterocycles. The maximum Gasteiger partial charge on any atom is 0.243 e. The van der Waals surface area contributed by atoms with Crippen LogP contribution in [0.4, 0.5) is 5.69 Å². The maximum absolute atomic E-state index is 13.1. The van der Waals surface area contributed by atoms with Crippen LogP contribution < -0.4 is 10.6 Å². The minimum absolute atomic E-state index is 0.124. The molecule has 184 valence electrons. The molecule has 35 heavy (non-hydrogen) atoms. The fraction of sp³-hybridized carbons (Fsp3) is 0.333. The summed E-state index contributed by atoms with van der Waals surface area (Å²) < 4.78 is 27.7. The van der Waals surface area contributed by atoms with Crippen LogP contribution in [-0.4, -0.2) is 44.2 Å². The van der Waals surface area contributed by atoms with Gasteiger partial charge in [-0.2, -0.15) is 4.31 Å². The predicted molar refractivity (Wildman–Crippen MR) is 138 cm³/mol. The summed E-state index contributed by atoms with van der Waals surface area (Å²) in [6.07, 6.45) is 0.826. The number of carbonyl (C=O) groups excluding carboxylic acids is 2. The van der Waals surface area contributed by atoms with Crippen molar-refractivity contribution < 1.29 is 18.0 Å². The largest absolute Gasteiger partial charge is 0.347 e. The summed E-state index contributed by atoms with van der Waals surface area (Å²) in [7, 11) is -3.64. The molecule has 0 spiro atoms. The number of nitrogens with one attached hydrogen (secondary N) is 2. The van der Waals surface area contributed by atoms with Crippen molar-refractivity contribution in [1.29, 1.82) is 0 Å². The minimum Gasteiger partial charge on any atom is -0.347 e. The molecular weight excluding hydrogens is 462 g/mol. The lowest BCUT2D eigenvalue weighted by Crippen LogP contribution is -2.44. The van der Waals surface area contributed by atoms with Crippen molar-refractivity contribution in [3.05, 3.63) is 71.3 Å². The smallest absolute Gasteiger partial charge is 0.243 e. The van der Waals surface area contributed by atoms with Gasteiger partial charge in [0.1, 0.15) is 0 Å². The van der Waals surface area contributed by atoms with Crippen molar-refractivity contribution in [2.24, 2.45) is 5.92 Å². The number of piperidine rings is 1. The van der Waals surface area contributed by atoms with Crippen molar-refractivity contribution in [2.75, 3.05) is 25.0 Å². The van der Waals surface area contributed by atoms with Crippen LogP contribution in [0.3, 0.4) is 0 Å². The molecule has 7 nitrogen and oxygen atoms in total. The van der Waals surface area contributed by atoms with E-state index in [2.05, 4.69) is 10.6 Å². The number of nitrogens with zero attached hydrogens (tertiary/aromatic N) is 1. The molecule has 4 rings (SSSR count). The fourth-order valence-corrected chi connectivity index (χ4v) is 6.21. The Morgan fingerprint density at radius 1 is 0.914 bits per heavy atom. The molecule has 0 aliphatic carbocycles. The number of benzene rings is 3. The number of hydrogen-bond acceptors (Lipinski definition) is 4. The molecule has 1 heterocycles. The van der Waals surface area contributed by atoms with Crippen molar-refractivity contribution in [1.82, 2.24) is 9.62 Å². The summed E-state index contributed by atoms with van der Waals surface area (Å²) >= 11 is 0. The first-order valence-corrected chi connectivity index (χ1v) is 13.2. The van der Waals surface area contributed by atoms with Gasteiger partial charge in [-0.05, 0) is 67.6 Å². The Morgan fingerprint density at radius 2 is 1.54 bits per heavy atom. The van der Waals surface area contributed by atoms with E-state index in [-0.39, 0.29) is 42.3 Å². The van der Waals surface area contributed by atoms with Crippen molar-refractivity contribution in [3.63, 3.8) is 0 Å². The number of aryl methyl sites for hydroxylation is 3. The van der Waals surface area contributed by atoms with Crippen LogP contribution in [0.2, 0.25) is 0 Å². The third kappa shape index (κ3) is 5.55. The third-order valence-corrected chi connectivity index (χ3v) is 8.44. The highest BCUT2D eigenvalue weighted by atomic mass is 32.2. The third-order valence-electron chi connectivity index (χ3n) is 6.55.